The van der Waals surface area contributed by atoms with Gasteiger partial charge in [0.2, 0.25) is 6.79 Å². The van der Waals surface area contributed by atoms with E-state index in [0.717, 1.165) is 4.79 Å². The van der Waals surface area contributed by atoms with Crippen LogP contribution >= 0.6 is 0 Å². The minimum atomic E-state index is -0.549. The smallest absolute Gasteiger partial charge is 0.282 e. The van der Waals surface area contributed by atoms with Crippen LogP contribution in [0.15, 0.2) is 17.2 Å². The molecule has 1 aliphatic rings. The Morgan fingerprint density at radius 1 is 1.45 bits per heavy atom. The number of tetrazole rings is 1. The molecule has 1 aliphatic heterocycles. The van der Waals surface area contributed by atoms with Gasteiger partial charge in [-0.1, -0.05) is 9.89 Å². The summed E-state index contributed by atoms with van der Waals surface area (Å²) in [4.78, 5) is 11.4. The quantitative estimate of drug-likeness (QED) is 0.460. The minimum Gasteiger partial charge on any atom is -0.454 e. The number of nitrogen functional groups attached to an aromatic ring is 1. The van der Waals surface area contributed by atoms with Gasteiger partial charge in [-0.05, 0) is 16.5 Å². The van der Waals surface area contributed by atoms with Crippen LogP contribution in [0, 0.1) is 10.1 Å². The number of ether oxygens (including phenoxy) is 2. The van der Waals surface area contributed by atoms with E-state index in [-0.39, 0.29) is 24.0 Å². The first-order valence-corrected chi connectivity index (χ1v) is 5.31. The van der Waals surface area contributed by atoms with Crippen molar-refractivity contribution in [2.75, 3.05) is 12.5 Å². The highest BCUT2D eigenvalue weighted by atomic mass is 16.7. The van der Waals surface area contributed by atoms with Crippen molar-refractivity contribution >= 4 is 17.9 Å². The lowest BCUT2D eigenvalue weighted by Gasteiger charge is -2.00. The van der Waals surface area contributed by atoms with E-state index in [1.165, 1.54) is 18.3 Å². The van der Waals surface area contributed by atoms with E-state index in [9.17, 15) is 10.1 Å². The fourth-order valence-electron chi connectivity index (χ4n) is 1.60. The summed E-state index contributed by atoms with van der Waals surface area (Å²) in [6.45, 7) is 0.0209. The Bertz CT molecular complexity index is 710. The summed E-state index contributed by atoms with van der Waals surface area (Å²) < 4.78 is 10.2. The second kappa shape index (κ2) is 4.46. The monoisotopic (exact) mass is 277 g/mol. The van der Waals surface area contributed by atoms with Crippen molar-refractivity contribution in [3.05, 3.63) is 27.8 Å². The van der Waals surface area contributed by atoms with E-state index >= 15 is 0 Å². The summed E-state index contributed by atoms with van der Waals surface area (Å²) in [5.74, 6) is 0.683. The van der Waals surface area contributed by atoms with Crippen molar-refractivity contribution in [2.45, 2.75) is 0 Å². The molecule has 1 aromatic carbocycles. The lowest BCUT2D eigenvalue weighted by molar-refractivity contribution is -0.385. The number of rotatable bonds is 3. The highest BCUT2D eigenvalue weighted by Crippen LogP contribution is 2.37. The van der Waals surface area contributed by atoms with Crippen molar-refractivity contribution < 1.29 is 14.4 Å². The second-order valence-corrected chi connectivity index (χ2v) is 3.69. The van der Waals surface area contributed by atoms with Crippen LogP contribution in [0.25, 0.3) is 0 Å². The number of aromatic nitrogens is 4. The number of hydrogen-bond acceptors (Lipinski definition) is 9. The molecule has 0 spiro atoms. The summed E-state index contributed by atoms with van der Waals surface area (Å²) >= 11 is 0. The lowest BCUT2D eigenvalue weighted by atomic mass is 10.1. The molecule has 0 fully saturated rings. The van der Waals surface area contributed by atoms with Crippen LogP contribution in [0.2, 0.25) is 0 Å². The number of nitro benzene ring substituents is 1. The molecular weight excluding hydrogens is 270 g/mol. The number of fused-ring (bicyclic) bond motifs is 1. The molecule has 3 rings (SSSR count). The first kappa shape index (κ1) is 11.8. The average molecular weight is 277 g/mol. The predicted octanol–water partition coefficient (Wildman–Crippen LogP) is -0.226. The third kappa shape index (κ3) is 1.96. The van der Waals surface area contributed by atoms with Crippen LogP contribution in [0.3, 0.4) is 0 Å². The summed E-state index contributed by atoms with van der Waals surface area (Å²) in [5.41, 5.74) is 5.47. The number of nitro groups is 1. The third-order valence-corrected chi connectivity index (χ3v) is 2.50. The highest BCUT2D eigenvalue weighted by molar-refractivity contribution is 5.87. The van der Waals surface area contributed by atoms with Gasteiger partial charge >= 0.3 is 0 Å². The van der Waals surface area contributed by atoms with Gasteiger partial charge in [-0.3, -0.25) is 10.1 Å². The Balaban J connectivity index is 2.02. The standard InChI is InChI=1S/C9H7N7O4/c10-9-12-13-14-15(9)11-3-5-1-7-8(20-4-19-7)2-6(5)16(17)18/h1-3H,4H2,(H2,10,12,14). The topological polar surface area (TPSA) is 144 Å². The van der Waals surface area contributed by atoms with Crippen molar-refractivity contribution in [2.24, 2.45) is 5.10 Å². The minimum absolute atomic E-state index is 0.0209. The largest absolute Gasteiger partial charge is 0.454 e. The first-order chi connectivity index (χ1) is 9.65. The van der Waals surface area contributed by atoms with E-state index < -0.39 is 4.92 Å². The Morgan fingerprint density at radius 2 is 2.20 bits per heavy atom. The predicted molar refractivity (Wildman–Crippen MR) is 64.4 cm³/mol. The van der Waals surface area contributed by atoms with Gasteiger partial charge in [0.25, 0.3) is 11.6 Å². The zero-order valence-electron chi connectivity index (χ0n) is 9.83. The number of benzene rings is 1. The zero-order chi connectivity index (χ0) is 14.1. The molecule has 11 nitrogen and oxygen atoms in total. The molecular formula is C9H7N7O4. The molecule has 0 bridgehead atoms. The zero-order valence-corrected chi connectivity index (χ0v) is 9.83. The third-order valence-electron chi connectivity index (χ3n) is 2.50. The van der Waals surface area contributed by atoms with Gasteiger partial charge in [0.05, 0.1) is 22.8 Å². The van der Waals surface area contributed by atoms with E-state index in [1.807, 2.05) is 0 Å². The van der Waals surface area contributed by atoms with E-state index in [4.69, 9.17) is 15.2 Å². The molecule has 2 heterocycles. The fraction of sp³-hybridized carbons (Fsp3) is 0.111. The normalized spacial score (nSPS) is 13.0. The maximum atomic E-state index is 11.0. The molecule has 20 heavy (non-hydrogen) atoms. The molecule has 0 saturated heterocycles. The van der Waals surface area contributed by atoms with E-state index in [0.29, 0.717) is 11.5 Å². The molecule has 1 aromatic heterocycles. The summed E-state index contributed by atoms with van der Waals surface area (Å²) in [5, 5.41) is 25.1. The molecule has 0 unspecified atom stereocenters. The molecule has 2 aromatic rings. The molecule has 102 valence electrons. The maximum Gasteiger partial charge on any atom is 0.282 e. The maximum absolute atomic E-state index is 11.0. The molecule has 2 N–H and O–H groups in total. The molecule has 11 heteroatoms. The lowest BCUT2D eigenvalue weighted by Crippen LogP contribution is -2.01. The van der Waals surface area contributed by atoms with Gasteiger partial charge in [-0.2, -0.15) is 5.10 Å². The van der Waals surface area contributed by atoms with Crippen molar-refractivity contribution in [3.63, 3.8) is 0 Å². The molecule has 0 amide bonds. The van der Waals surface area contributed by atoms with Gasteiger partial charge in [0.15, 0.2) is 11.5 Å². The van der Waals surface area contributed by atoms with Crippen LogP contribution in [-0.2, 0) is 0 Å². The van der Waals surface area contributed by atoms with Gasteiger partial charge in [-0.15, -0.1) is 0 Å². The van der Waals surface area contributed by atoms with Crippen molar-refractivity contribution in [1.82, 2.24) is 20.3 Å². The van der Waals surface area contributed by atoms with Gasteiger partial charge < -0.3 is 15.2 Å². The number of nitrogens with zero attached hydrogens (tertiary/aromatic N) is 6. The van der Waals surface area contributed by atoms with E-state index in [1.54, 1.807) is 0 Å². The van der Waals surface area contributed by atoms with Crippen LogP contribution in [0.5, 0.6) is 11.5 Å². The second-order valence-electron chi connectivity index (χ2n) is 3.69. The average Bonchev–Trinajstić information content (AvgIpc) is 3.03. The van der Waals surface area contributed by atoms with Crippen molar-refractivity contribution in [3.8, 4) is 11.5 Å². The number of hydrogen-bond donors (Lipinski definition) is 1. The fourth-order valence-corrected chi connectivity index (χ4v) is 1.60. The summed E-state index contributed by atoms with van der Waals surface area (Å²) in [7, 11) is 0. The van der Waals surface area contributed by atoms with Crippen LogP contribution in [0.1, 0.15) is 5.56 Å². The summed E-state index contributed by atoms with van der Waals surface area (Å²) in [6.07, 6.45) is 1.22. The van der Waals surface area contributed by atoms with Crippen molar-refractivity contribution in [1.29, 1.82) is 0 Å². The summed E-state index contributed by atoms with van der Waals surface area (Å²) in [6, 6.07) is 2.72. The van der Waals surface area contributed by atoms with Crippen LogP contribution < -0.4 is 15.2 Å². The Morgan fingerprint density at radius 3 is 2.85 bits per heavy atom. The highest BCUT2D eigenvalue weighted by Gasteiger charge is 2.22. The molecule has 0 saturated carbocycles. The van der Waals surface area contributed by atoms with Gasteiger partial charge in [0.1, 0.15) is 0 Å². The first-order valence-electron chi connectivity index (χ1n) is 5.31. The molecule has 0 radical (unpaired) electrons. The van der Waals surface area contributed by atoms with Gasteiger partial charge in [-0.25, -0.2) is 0 Å². The number of nitrogens with two attached hydrogens (primary N) is 1. The Kier molecular flexibility index (Phi) is 2.64. The molecule has 0 atom stereocenters. The molecule has 0 aliphatic carbocycles. The Hall–Kier alpha value is -3.24. The van der Waals surface area contributed by atoms with Crippen LogP contribution in [0.4, 0.5) is 11.6 Å². The Labute approximate surface area is 110 Å². The number of anilines is 1. The SMILES string of the molecule is Nc1nnnn1N=Cc1cc2c(cc1[N+](=O)[O-])OCO2. The van der Waals surface area contributed by atoms with E-state index in [2.05, 4.69) is 20.6 Å². The van der Waals surface area contributed by atoms with Crippen LogP contribution in [-0.4, -0.2) is 38.2 Å². The van der Waals surface area contributed by atoms with Gasteiger partial charge in [0, 0.05) is 0 Å².